The van der Waals surface area contributed by atoms with E-state index in [2.05, 4.69) is 4.98 Å². The molecule has 3 rings (SSSR count). The zero-order valence-corrected chi connectivity index (χ0v) is 10.8. The summed E-state index contributed by atoms with van der Waals surface area (Å²) in [7, 11) is 0. The average Bonchev–Trinajstić information content (AvgIpc) is 2.48. The molecule has 2 nitrogen and oxygen atoms in total. The summed E-state index contributed by atoms with van der Waals surface area (Å²) in [6.07, 6.45) is 0.850. The van der Waals surface area contributed by atoms with Gasteiger partial charge in [0.2, 0.25) is 0 Å². The van der Waals surface area contributed by atoms with Crippen LogP contribution in [0.5, 0.6) is 0 Å². The minimum absolute atomic E-state index is 0.397. The Kier molecular flexibility index (Phi) is 3.44. The van der Waals surface area contributed by atoms with Crippen molar-refractivity contribution >= 4 is 10.8 Å². The van der Waals surface area contributed by atoms with Crippen LogP contribution in [0.3, 0.4) is 0 Å². The second kappa shape index (κ2) is 5.39. The number of hydrogen-bond acceptors (Lipinski definition) is 2. The largest absolute Gasteiger partial charge is 0.386 e. The van der Waals surface area contributed by atoms with Gasteiger partial charge in [-0.3, -0.25) is 4.98 Å². The number of pyridine rings is 1. The zero-order chi connectivity index (χ0) is 13.9. The lowest BCUT2D eigenvalue weighted by Crippen LogP contribution is -2.04. The molecule has 0 aliphatic heterocycles. The second-order valence-corrected chi connectivity index (χ2v) is 4.76. The number of nitrogens with zero attached hydrogens (tertiary/aromatic N) is 1. The van der Waals surface area contributed by atoms with Crippen LogP contribution >= 0.6 is 0 Å². The first kappa shape index (κ1) is 12.8. The third-order valence-electron chi connectivity index (χ3n) is 3.38. The van der Waals surface area contributed by atoms with E-state index in [9.17, 15) is 9.50 Å². The van der Waals surface area contributed by atoms with Gasteiger partial charge < -0.3 is 5.11 Å². The van der Waals surface area contributed by atoms with Crippen molar-refractivity contribution in [3.05, 3.63) is 77.9 Å². The molecule has 0 bridgehead atoms. The number of halogens is 1. The third kappa shape index (κ3) is 2.53. The van der Waals surface area contributed by atoms with Crippen molar-refractivity contribution in [2.24, 2.45) is 0 Å². The van der Waals surface area contributed by atoms with E-state index in [1.165, 1.54) is 12.1 Å². The van der Waals surface area contributed by atoms with Crippen molar-refractivity contribution in [2.45, 2.75) is 12.5 Å². The van der Waals surface area contributed by atoms with E-state index < -0.39 is 11.9 Å². The number of aliphatic hydroxyl groups excluding tert-OH is 1. The van der Waals surface area contributed by atoms with Crippen molar-refractivity contribution < 1.29 is 9.50 Å². The molecular formula is C17H14FNO. The first-order valence-corrected chi connectivity index (χ1v) is 6.50. The number of hydrogen-bond donors (Lipinski definition) is 1. The molecule has 1 unspecified atom stereocenters. The highest BCUT2D eigenvalue weighted by Crippen LogP contribution is 2.23. The van der Waals surface area contributed by atoms with Crippen molar-refractivity contribution in [3.63, 3.8) is 0 Å². The zero-order valence-electron chi connectivity index (χ0n) is 10.8. The van der Waals surface area contributed by atoms with Gasteiger partial charge in [-0.15, -0.1) is 0 Å². The van der Waals surface area contributed by atoms with E-state index in [0.717, 1.165) is 22.5 Å². The van der Waals surface area contributed by atoms with Crippen LogP contribution in [0, 0.1) is 5.82 Å². The fourth-order valence-electron chi connectivity index (χ4n) is 2.37. The molecule has 0 saturated heterocycles. The molecule has 0 amide bonds. The number of rotatable bonds is 3. The summed E-state index contributed by atoms with van der Waals surface area (Å²) in [5.74, 6) is -0.397. The van der Waals surface area contributed by atoms with Gasteiger partial charge >= 0.3 is 0 Å². The van der Waals surface area contributed by atoms with Gasteiger partial charge in [0.15, 0.2) is 0 Å². The Morgan fingerprint density at radius 3 is 2.60 bits per heavy atom. The van der Waals surface area contributed by atoms with Gasteiger partial charge in [-0.1, -0.05) is 42.5 Å². The lowest BCUT2D eigenvalue weighted by atomic mass is 9.98. The highest BCUT2D eigenvalue weighted by Gasteiger charge is 2.11. The van der Waals surface area contributed by atoms with Crippen LogP contribution in [-0.2, 0) is 6.42 Å². The Bertz CT molecular complexity index is 719. The Balaban J connectivity index is 1.91. The minimum Gasteiger partial charge on any atom is -0.386 e. The number of fused-ring (bicyclic) bond motifs is 1. The van der Waals surface area contributed by atoms with Gasteiger partial charge in [0.25, 0.3) is 0 Å². The predicted octanol–water partition coefficient (Wildman–Crippen LogP) is 3.65. The molecule has 0 aliphatic rings. The number of aliphatic hydroxyl groups is 1. The molecule has 0 saturated carbocycles. The molecule has 0 aliphatic carbocycles. The fourth-order valence-corrected chi connectivity index (χ4v) is 2.37. The number of benzene rings is 2. The van der Waals surface area contributed by atoms with Gasteiger partial charge in [0.05, 0.1) is 18.0 Å². The quantitative estimate of drug-likeness (QED) is 0.785. The Hall–Kier alpha value is -2.26. The highest BCUT2D eigenvalue weighted by molar-refractivity contribution is 5.85. The smallest absolute Gasteiger partial charge is 0.141 e. The van der Waals surface area contributed by atoms with Crippen molar-refractivity contribution in [1.29, 1.82) is 0 Å². The molecule has 2 aromatic carbocycles. The van der Waals surface area contributed by atoms with Crippen molar-refractivity contribution in [1.82, 2.24) is 4.98 Å². The topological polar surface area (TPSA) is 33.1 Å². The van der Waals surface area contributed by atoms with E-state index >= 15 is 0 Å². The maximum absolute atomic E-state index is 12.8. The van der Waals surface area contributed by atoms with Crippen LogP contribution < -0.4 is 0 Å². The van der Waals surface area contributed by atoms with Gasteiger partial charge in [0.1, 0.15) is 5.82 Å². The van der Waals surface area contributed by atoms with Gasteiger partial charge in [-0.05, 0) is 28.5 Å². The van der Waals surface area contributed by atoms with E-state index in [-0.39, 0.29) is 0 Å². The summed E-state index contributed by atoms with van der Waals surface area (Å²) in [5.41, 5.74) is 1.54. The maximum atomic E-state index is 12.8. The van der Waals surface area contributed by atoms with Crippen LogP contribution in [0.4, 0.5) is 4.39 Å². The molecule has 1 N–H and O–H groups in total. The minimum atomic E-state index is -0.735. The Morgan fingerprint density at radius 1 is 1.00 bits per heavy atom. The SMILES string of the molecule is OC(Cc1cccc2ccccc12)c1ccc(F)cn1. The van der Waals surface area contributed by atoms with E-state index in [1.54, 1.807) is 0 Å². The lowest BCUT2D eigenvalue weighted by Gasteiger charge is -2.12. The van der Waals surface area contributed by atoms with Crippen LogP contribution in [0.25, 0.3) is 10.8 Å². The summed E-state index contributed by atoms with van der Waals surface area (Å²) < 4.78 is 12.8. The molecule has 1 aromatic heterocycles. The molecule has 100 valence electrons. The third-order valence-corrected chi connectivity index (χ3v) is 3.38. The molecule has 1 atom stereocenters. The molecule has 0 radical (unpaired) electrons. The van der Waals surface area contributed by atoms with Crippen LogP contribution in [-0.4, -0.2) is 10.1 Å². The molecule has 1 heterocycles. The molecule has 3 aromatic rings. The maximum Gasteiger partial charge on any atom is 0.141 e. The summed E-state index contributed by atoms with van der Waals surface area (Å²) in [5, 5.41) is 12.5. The Morgan fingerprint density at radius 2 is 1.80 bits per heavy atom. The van der Waals surface area contributed by atoms with Gasteiger partial charge in [-0.2, -0.15) is 0 Å². The van der Waals surface area contributed by atoms with Crippen LogP contribution in [0.15, 0.2) is 60.8 Å². The van der Waals surface area contributed by atoms with Gasteiger partial charge in [0, 0.05) is 6.42 Å². The average molecular weight is 267 g/mol. The van der Waals surface area contributed by atoms with Crippen molar-refractivity contribution in [2.75, 3.05) is 0 Å². The molecule has 0 spiro atoms. The summed E-state index contributed by atoms with van der Waals surface area (Å²) in [6.45, 7) is 0. The van der Waals surface area contributed by atoms with E-state index in [0.29, 0.717) is 12.1 Å². The lowest BCUT2D eigenvalue weighted by molar-refractivity contribution is 0.174. The molecular weight excluding hydrogens is 253 g/mol. The fraction of sp³-hybridized carbons (Fsp3) is 0.118. The normalized spacial score (nSPS) is 12.5. The first-order valence-electron chi connectivity index (χ1n) is 6.50. The summed E-state index contributed by atoms with van der Waals surface area (Å²) in [6, 6.07) is 16.9. The highest BCUT2D eigenvalue weighted by atomic mass is 19.1. The first-order chi connectivity index (χ1) is 9.74. The summed E-state index contributed by atoms with van der Waals surface area (Å²) >= 11 is 0. The van der Waals surface area contributed by atoms with Crippen molar-refractivity contribution in [3.8, 4) is 0 Å². The molecule has 20 heavy (non-hydrogen) atoms. The predicted molar refractivity (Wildman–Crippen MR) is 76.8 cm³/mol. The summed E-state index contributed by atoms with van der Waals surface area (Å²) in [4.78, 5) is 3.93. The monoisotopic (exact) mass is 267 g/mol. The van der Waals surface area contributed by atoms with E-state index in [1.807, 2.05) is 42.5 Å². The standard InChI is InChI=1S/C17H14FNO/c18-14-8-9-16(19-11-14)17(20)10-13-6-3-5-12-4-1-2-7-15(12)13/h1-9,11,17,20H,10H2. The van der Waals surface area contributed by atoms with Crippen LogP contribution in [0.2, 0.25) is 0 Å². The van der Waals surface area contributed by atoms with E-state index in [4.69, 9.17) is 0 Å². The second-order valence-electron chi connectivity index (χ2n) is 4.76. The van der Waals surface area contributed by atoms with Gasteiger partial charge in [-0.25, -0.2) is 4.39 Å². The molecule has 0 fully saturated rings. The Labute approximate surface area is 116 Å². The number of aromatic nitrogens is 1. The molecule has 3 heteroatoms. The van der Waals surface area contributed by atoms with Crippen LogP contribution in [0.1, 0.15) is 17.4 Å².